The van der Waals surface area contributed by atoms with Crippen LogP contribution in [0.15, 0.2) is 21.9 Å². The van der Waals surface area contributed by atoms with E-state index in [0.29, 0.717) is 23.6 Å². The predicted molar refractivity (Wildman–Crippen MR) is 99.1 cm³/mol. The highest BCUT2D eigenvalue weighted by Crippen LogP contribution is 2.28. The van der Waals surface area contributed by atoms with E-state index in [4.69, 9.17) is 0 Å². The van der Waals surface area contributed by atoms with Crippen molar-refractivity contribution in [2.24, 2.45) is 5.92 Å². The highest BCUT2D eigenvalue weighted by atomic mass is 32.2. The van der Waals surface area contributed by atoms with E-state index in [2.05, 4.69) is 11.9 Å². The second-order valence-electron chi connectivity index (χ2n) is 7.19. The van der Waals surface area contributed by atoms with Gasteiger partial charge in [-0.25, -0.2) is 21.1 Å². The molecule has 8 heteroatoms. The second-order valence-corrected chi connectivity index (χ2v) is 11.2. The zero-order chi connectivity index (χ0) is 19.0. The van der Waals surface area contributed by atoms with Crippen molar-refractivity contribution in [2.75, 3.05) is 40.0 Å². The second kappa shape index (κ2) is 7.34. The molecule has 0 aromatic heterocycles. The summed E-state index contributed by atoms with van der Waals surface area (Å²) in [5.41, 5.74) is 0.917. The van der Waals surface area contributed by atoms with Crippen molar-refractivity contribution in [3.05, 3.63) is 23.3 Å². The van der Waals surface area contributed by atoms with Gasteiger partial charge in [0.05, 0.1) is 9.79 Å². The van der Waals surface area contributed by atoms with Crippen molar-refractivity contribution in [3.63, 3.8) is 0 Å². The first-order chi connectivity index (χ1) is 11.4. The van der Waals surface area contributed by atoms with Crippen molar-refractivity contribution in [3.8, 4) is 0 Å². The number of rotatable bonds is 5. The molecular formula is C17H28N2O4S2. The quantitative estimate of drug-likeness (QED) is 0.767. The number of hydrogen-bond acceptors (Lipinski definition) is 5. The number of hydrogen-bond donors (Lipinski definition) is 0. The summed E-state index contributed by atoms with van der Waals surface area (Å²) >= 11 is 0. The molecule has 0 spiro atoms. The van der Waals surface area contributed by atoms with Crippen LogP contribution in [0.4, 0.5) is 0 Å². The van der Waals surface area contributed by atoms with Crippen LogP contribution in [0.5, 0.6) is 0 Å². The molecule has 6 nitrogen and oxygen atoms in total. The van der Waals surface area contributed by atoms with Crippen molar-refractivity contribution in [2.45, 2.75) is 36.5 Å². The zero-order valence-electron chi connectivity index (χ0n) is 15.6. The minimum absolute atomic E-state index is 0.0822. The largest absolute Gasteiger partial charge is 0.306 e. The first kappa shape index (κ1) is 20.4. The SMILES string of the molecule is Cc1cc(S(C)(=O)=O)c(C)c(S(=O)(=O)N(C)CC2CCN(C)CC2)c1. The van der Waals surface area contributed by atoms with Crippen molar-refractivity contribution < 1.29 is 16.8 Å². The third-order valence-corrected chi connectivity index (χ3v) is 8.07. The van der Waals surface area contributed by atoms with Gasteiger partial charge in [-0.05, 0) is 76.0 Å². The number of aryl methyl sites for hydroxylation is 1. The number of nitrogens with zero attached hydrogens (tertiary/aromatic N) is 2. The van der Waals surface area contributed by atoms with Crippen molar-refractivity contribution in [1.82, 2.24) is 9.21 Å². The van der Waals surface area contributed by atoms with Crippen LogP contribution in [0.1, 0.15) is 24.0 Å². The van der Waals surface area contributed by atoms with E-state index >= 15 is 0 Å². The third kappa shape index (κ3) is 4.61. The summed E-state index contributed by atoms with van der Waals surface area (Å²) in [4.78, 5) is 2.41. The maximum absolute atomic E-state index is 13.0. The molecule has 1 aromatic carbocycles. The van der Waals surface area contributed by atoms with Gasteiger partial charge in [-0.15, -0.1) is 0 Å². The van der Waals surface area contributed by atoms with Gasteiger partial charge in [-0.2, -0.15) is 0 Å². The standard InChI is InChI=1S/C17H28N2O4S2/c1-13-10-16(24(5,20)21)14(2)17(11-13)25(22,23)19(4)12-15-6-8-18(3)9-7-15/h10-11,15H,6-9,12H2,1-5H3. The number of sulfonamides is 1. The van der Waals surface area contributed by atoms with Gasteiger partial charge >= 0.3 is 0 Å². The molecule has 1 heterocycles. The van der Waals surface area contributed by atoms with Crippen LogP contribution in [0.3, 0.4) is 0 Å². The molecule has 0 amide bonds. The third-order valence-electron chi connectivity index (χ3n) is 4.90. The predicted octanol–water partition coefficient (Wildman–Crippen LogP) is 1.67. The van der Waals surface area contributed by atoms with Crippen LogP contribution in [0, 0.1) is 19.8 Å². The molecular weight excluding hydrogens is 360 g/mol. The minimum Gasteiger partial charge on any atom is -0.306 e. The highest BCUT2D eigenvalue weighted by Gasteiger charge is 2.29. The van der Waals surface area contributed by atoms with E-state index in [9.17, 15) is 16.8 Å². The number of sulfone groups is 1. The lowest BCUT2D eigenvalue weighted by Gasteiger charge is -2.31. The first-order valence-electron chi connectivity index (χ1n) is 8.39. The Bertz CT molecular complexity index is 840. The lowest BCUT2D eigenvalue weighted by molar-refractivity contribution is 0.202. The van der Waals surface area contributed by atoms with Crippen molar-refractivity contribution >= 4 is 19.9 Å². The molecule has 0 atom stereocenters. The number of likely N-dealkylation sites (tertiary alicyclic amines) is 1. The molecule has 2 rings (SSSR count). The monoisotopic (exact) mass is 388 g/mol. The van der Waals surface area contributed by atoms with Crippen LogP contribution in [-0.4, -0.2) is 66.0 Å². The Morgan fingerprint density at radius 2 is 1.60 bits per heavy atom. The molecule has 1 aliphatic heterocycles. The fraction of sp³-hybridized carbons (Fsp3) is 0.647. The van der Waals surface area contributed by atoms with E-state index in [1.807, 2.05) is 0 Å². The summed E-state index contributed by atoms with van der Waals surface area (Å²) in [6, 6.07) is 3.09. The number of piperidine rings is 1. The zero-order valence-corrected chi connectivity index (χ0v) is 17.2. The molecule has 0 saturated carbocycles. The van der Waals surface area contributed by atoms with Gasteiger partial charge in [0.25, 0.3) is 0 Å². The topological polar surface area (TPSA) is 74.8 Å². The van der Waals surface area contributed by atoms with Crippen LogP contribution >= 0.6 is 0 Å². The Morgan fingerprint density at radius 1 is 1.08 bits per heavy atom. The van der Waals surface area contributed by atoms with Gasteiger partial charge in [0, 0.05) is 19.8 Å². The van der Waals surface area contributed by atoms with Crippen LogP contribution in [0.2, 0.25) is 0 Å². The van der Waals surface area contributed by atoms with Crippen LogP contribution in [-0.2, 0) is 19.9 Å². The molecule has 1 aliphatic rings. The lowest BCUT2D eigenvalue weighted by atomic mass is 9.97. The Labute approximate surface area is 151 Å². The molecule has 1 aromatic rings. The van der Waals surface area contributed by atoms with E-state index in [-0.39, 0.29) is 9.79 Å². The summed E-state index contributed by atoms with van der Waals surface area (Å²) in [6.45, 7) is 5.68. The summed E-state index contributed by atoms with van der Waals surface area (Å²) in [7, 11) is -3.57. The number of benzene rings is 1. The van der Waals surface area contributed by atoms with Crippen LogP contribution in [0.25, 0.3) is 0 Å². The highest BCUT2D eigenvalue weighted by molar-refractivity contribution is 7.91. The smallest absolute Gasteiger partial charge is 0.243 e. The van der Waals surface area contributed by atoms with Crippen LogP contribution < -0.4 is 0 Å². The summed E-state index contributed by atoms with van der Waals surface area (Å²) in [5, 5.41) is 0. The normalized spacial score (nSPS) is 18.0. The summed E-state index contributed by atoms with van der Waals surface area (Å²) in [6.07, 6.45) is 3.04. The molecule has 0 radical (unpaired) electrons. The first-order valence-corrected chi connectivity index (χ1v) is 11.7. The molecule has 25 heavy (non-hydrogen) atoms. The average Bonchev–Trinajstić information content (AvgIpc) is 2.50. The Balaban J connectivity index is 2.34. The Morgan fingerprint density at radius 3 is 2.12 bits per heavy atom. The Kier molecular flexibility index (Phi) is 5.98. The maximum atomic E-state index is 13.0. The fourth-order valence-corrected chi connectivity index (χ4v) is 6.03. The van der Waals surface area contributed by atoms with Gasteiger partial charge in [0.1, 0.15) is 0 Å². The minimum atomic E-state index is -3.73. The van der Waals surface area contributed by atoms with E-state index in [1.54, 1.807) is 27.0 Å². The van der Waals surface area contributed by atoms with Gasteiger partial charge in [0.15, 0.2) is 9.84 Å². The van der Waals surface area contributed by atoms with Gasteiger partial charge in [-0.3, -0.25) is 0 Å². The van der Waals surface area contributed by atoms with Gasteiger partial charge < -0.3 is 4.90 Å². The average molecular weight is 389 g/mol. The lowest BCUT2D eigenvalue weighted by Crippen LogP contribution is -2.38. The molecule has 1 saturated heterocycles. The molecule has 142 valence electrons. The van der Waals surface area contributed by atoms with Crippen molar-refractivity contribution in [1.29, 1.82) is 0 Å². The molecule has 0 aliphatic carbocycles. The molecule has 0 bridgehead atoms. The molecule has 0 unspecified atom stereocenters. The van der Waals surface area contributed by atoms with E-state index in [1.165, 1.54) is 10.4 Å². The van der Waals surface area contributed by atoms with E-state index < -0.39 is 19.9 Å². The van der Waals surface area contributed by atoms with Gasteiger partial charge in [-0.1, -0.05) is 0 Å². The maximum Gasteiger partial charge on any atom is 0.243 e. The Hall–Kier alpha value is -0.960. The summed E-state index contributed by atoms with van der Waals surface area (Å²) < 4.78 is 51.4. The molecule has 1 fully saturated rings. The van der Waals surface area contributed by atoms with E-state index in [0.717, 1.165) is 32.2 Å². The van der Waals surface area contributed by atoms with Gasteiger partial charge in [0.2, 0.25) is 10.0 Å². The summed E-state index contributed by atoms with van der Waals surface area (Å²) in [5.74, 6) is 0.329. The fourth-order valence-electron chi connectivity index (χ4n) is 3.32. The molecule has 0 N–H and O–H groups in total.